The van der Waals surface area contributed by atoms with Gasteiger partial charge in [-0.1, -0.05) is 0 Å². The number of carbonyl (C=O) groups is 1. The van der Waals surface area contributed by atoms with Crippen molar-refractivity contribution in [1.82, 2.24) is 15.6 Å². The number of amides is 1. The highest BCUT2D eigenvalue weighted by molar-refractivity contribution is 7.11. The first kappa shape index (κ1) is 14.9. The zero-order chi connectivity index (χ0) is 14.7. The average molecular weight is 309 g/mol. The van der Waals surface area contributed by atoms with Gasteiger partial charge in [0.25, 0.3) is 0 Å². The first-order valence-corrected chi connectivity index (χ1v) is 8.66. The predicted molar refractivity (Wildman–Crippen MR) is 82.7 cm³/mol. The molecule has 1 aliphatic carbocycles. The molecular weight excluding hydrogens is 286 g/mol. The fourth-order valence-corrected chi connectivity index (χ4v) is 4.10. The van der Waals surface area contributed by atoms with Crippen molar-refractivity contribution in [3.8, 4) is 0 Å². The summed E-state index contributed by atoms with van der Waals surface area (Å²) in [6.07, 6.45) is 5.62. The van der Waals surface area contributed by atoms with Crippen molar-refractivity contribution in [2.24, 2.45) is 0 Å². The Kier molecular flexibility index (Phi) is 4.87. The molecule has 0 saturated carbocycles. The monoisotopic (exact) mass is 309 g/mol. The summed E-state index contributed by atoms with van der Waals surface area (Å²) in [4.78, 5) is 18.3. The SMILES string of the molecule is C[C@H]1OCCN[C@@H]1C(=O)NCCc1nc2c(s1)CCCC2. The number of nitrogens with one attached hydrogen (secondary N) is 2. The Balaban J connectivity index is 1.47. The molecular formula is C15H23N3O2S. The van der Waals surface area contributed by atoms with Crippen LogP contribution in [0, 0.1) is 0 Å². The molecule has 0 spiro atoms. The lowest BCUT2D eigenvalue weighted by molar-refractivity contribution is -0.128. The fraction of sp³-hybridized carbons (Fsp3) is 0.733. The third-order valence-electron chi connectivity index (χ3n) is 4.13. The minimum Gasteiger partial charge on any atom is -0.375 e. The van der Waals surface area contributed by atoms with Gasteiger partial charge in [-0.3, -0.25) is 4.79 Å². The standard InChI is InChI=1S/C15H23N3O2S/c1-10-14(16-8-9-20-10)15(19)17-7-6-13-18-11-4-2-3-5-12(11)21-13/h10,14,16H,2-9H2,1H3,(H,17,19)/t10-,14+/m1/s1. The first-order chi connectivity index (χ1) is 10.2. The molecule has 0 aromatic carbocycles. The third-order valence-corrected chi connectivity index (χ3v) is 5.34. The molecule has 1 aliphatic heterocycles. The maximum atomic E-state index is 12.1. The molecule has 0 unspecified atom stereocenters. The van der Waals surface area contributed by atoms with Gasteiger partial charge in [0, 0.05) is 24.4 Å². The Morgan fingerprint density at radius 2 is 2.33 bits per heavy atom. The minimum absolute atomic E-state index is 0.0310. The Morgan fingerprint density at radius 3 is 3.14 bits per heavy atom. The van der Waals surface area contributed by atoms with Gasteiger partial charge < -0.3 is 15.4 Å². The molecule has 0 bridgehead atoms. The largest absolute Gasteiger partial charge is 0.375 e. The molecule has 1 amide bonds. The van der Waals surface area contributed by atoms with Crippen molar-refractivity contribution in [3.63, 3.8) is 0 Å². The number of fused-ring (bicyclic) bond motifs is 1. The van der Waals surface area contributed by atoms with Crippen molar-refractivity contribution >= 4 is 17.2 Å². The smallest absolute Gasteiger partial charge is 0.239 e. The Labute approximate surface area is 129 Å². The van der Waals surface area contributed by atoms with E-state index in [9.17, 15) is 4.79 Å². The van der Waals surface area contributed by atoms with Crippen LogP contribution in [-0.2, 0) is 28.8 Å². The van der Waals surface area contributed by atoms with Crippen LogP contribution >= 0.6 is 11.3 Å². The molecule has 2 N–H and O–H groups in total. The van der Waals surface area contributed by atoms with Crippen LogP contribution in [0.5, 0.6) is 0 Å². The third kappa shape index (κ3) is 3.62. The highest BCUT2D eigenvalue weighted by Gasteiger charge is 2.27. The van der Waals surface area contributed by atoms with Gasteiger partial charge in [0.15, 0.2) is 0 Å². The number of morpholine rings is 1. The van der Waals surface area contributed by atoms with Gasteiger partial charge in [-0.25, -0.2) is 4.98 Å². The summed E-state index contributed by atoms with van der Waals surface area (Å²) < 4.78 is 5.50. The van der Waals surface area contributed by atoms with Crippen LogP contribution < -0.4 is 10.6 Å². The molecule has 6 heteroatoms. The lowest BCUT2D eigenvalue weighted by Crippen LogP contribution is -2.55. The van der Waals surface area contributed by atoms with Gasteiger partial charge in [0.05, 0.1) is 23.4 Å². The number of hydrogen-bond donors (Lipinski definition) is 2. The summed E-state index contributed by atoms with van der Waals surface area (Å²) in [5.74, 6) is 0.0310. The summed E-state index contributed by atoms with van der Waals surface area (Å²) in [5, 5.41) is 7.36. The zero-order valence-corrected chi connectivity index (χ0v) is 13.3. The Morgan fingerprint density at radius 1 is 1.48 bits per heavy atom. The normalized spacial score (nSPS) is 25.4. The Hall–Kier alpha value is -0.980. The van der Waals surface area contributed by atoms with Crippen LogP contribution in [0.2, 0.25) is 0 Å². The highest BCUT2D eigenvalue weighted by atomic mass is 32.1. The zero-order valence-electron chi connectivity index (χ0n) is 12.5. The second-order valence-electron chi connectivity index (χ2n) is 5.73. The van der Waals surface area contributed by atoms with Gasteiger partial charge >= 0.3 is 0 Å². The van der Waals surface area contributed by atoms with Crippen LogP contribution in [0.3, 0.4) is 0 Å². The van der Waals surface area contributed by atoms with Gasteiger partial charge in [0.1, 0.15) is 6.04 Å². The number of aryl methyl sites for hydroxylation is 2. The van der Waals surface area contributed by atoms with Crippen LogP contribution in [0.1, 0.15) is 35.3 Å². The van der Waals surface area contributed by atoms with Crippen molar-refractivity contribution < 1.29 is 9.53 Å². The lowest BCUT2D eigenvalue weighted by Gasteiger charge is -2.29. The maximum absolute atomic E-state index is 12.1. The van der Waals surface area contributed by atoms with E-state index in [0.29, 0.717) is 13.2 Å². The van der Waals surface area contributed by atoms with Gasteiger partial charge in [-0.15, -0.1) is 11.3 Å². The number of hydrogen-bond acceptors (Lipinski definition) is 5. The van der Waals surface area contributed by atoms with Crippen LogP contribution in [0.15, 0.2) is 0 Å². The molecule has 3 rings (SSSR count). The number of aromatic nitrogens is 1. The molecule has 2 heterocycles. The molecule has 1 saturated heterocycles. The molecule has 1 aromatic rings. The van der Waals surface area contributed by atoms with E-state index in [2.05, 4.69) is 10.6 Å². The summed E-state index contributed by atoms with van der Waals surface area (Å²) in [6, 6.07) is -0.233. The second-order valence-corrected chi connectivity index (χ2v) is 6.90. The van der Waals surface area contributed by atoms with Gasteiger partial charge in [-0.2, -0.15) is 0 Å². The van der Waals surface area contributed by atoms with Crippen molar-refractivity contribution in [2.75, 3.05) is 19.7 Å². The van der Waals surface area contributed by atoms with E-state index < -0.39 is 0 Å². The molecule has 2 atom stereocenters. The van der Waals surface area contributed by atoms with Crippen molar-refractivity contribution in [1.29, 1.82) is 0 Å². The van der Waals surface area contributed by atoms with Crippen LogP contribution in [0.25, 0.3) is 0 Å². The summed E-state index contributed by atoms with van der Waals surface area (Å²) in [6.45, 7) is 4.00. The quantitative estimate of drug-likeness (QED) is 0.873. The molecule has 0 radical (unpaired) electrons. The minimum atomic E-state index is -0.233. The number of nitrogens with zero attached hydrogens (tertiary/aromatic N) is 1. The molecule has 1 aromatic heterocycles. The van der Waals surface area contributed by atoms with Gasteiger partial charge in [-0.05, 0) is 32.6 Å². The van der Waals surface area contributed by atoms with E-state index >= 15 is 0 Å². The predicted octanol–water partition coefficient (Wildman–Crippen LogP) is 1.06. The number of thiazole rings is 1. The highest BCUT2D eigenvalue weighted by Crippen LogP contribution is 2.26. The summed E-state index contributed by atoms with van der Waals surface area (Å²) >= 11 is 1.82. The van der Waals surface area contributed by atoms with E-state index in [1.54, 1.807) is 0 Å². The van der Waals surface area contributed by atoms with E-state index in [1.807, 2.05) is 18.3 Å². The van der Waals surface area contributed by atoms with E-state index in [1.165, 1.54) is 29.8 Å². The Bertz CT molecular complexity index is 480. The average Bonchev–Trinajstić information content (AvgIpc) is 2.90. The van der Waals surface area contributed by atoms with Crippen molar-refractivity contribution in [2.45, 2.75) is 51.2 Å². The number of ether oxygens (including phenoxy) is 1. The fourth-order valence-electron chi connectivity index (χ4n) is 2.94. The molecule has 21 heavy (non-hydrogen) atoms. The second kappa shape index (κ2) is 6.85. The van der Waals surface area contributed by atoms with Crippen LogP contribution in [-0.4, -0.2) is 42.7 Å². The molecule has 116 valence electrons. The van der Waals surface area contributed by atoms with Crippen LogP contribution in [0.4, 0.5) is 0 Å². The van der Waals surface area contributed by atoms with Crippen molar-refractivity contribution in [3.05, 3.63) is 15.6 Å². The van der Waals surface area contributed by atoms with E-state index in [-0.39, 0.29) is 18.1 Å². The summed E-state index contributed by atoms with van der Waals surface area (Å²) in [5.41, 5.74) is 1.29. The van der Waals surface area contributed by atoms with E-state index in [4.69, 9.17) is 9.72 Å². The number of rotatable bonds is 4. The lowest BCUT2D eigenvalue weighted by atomic mass is 10.0. The molecule has 1 fully saturated rings. The topological polar surface area (TPSA) is 63.2 Å². The molecule has 5 nitrogen and oxygen atoms in total. The first-order valence-electron chi connectivity index (χ1n) is 7.84. The summed E-state index contributed by atoms with van der Waals surface area (Å²) in [7, 11) is 0. The number of carbonyl (C=O) groups excluding carboxylic acids is 1. The van der Waals surface area contributed by atoms with Gasteiger partial charge in [0.2, 0.25) is 5.91 Å². The molecule has 2 aliphatic rings. The maximum Gasteiger partial charge on any atom is 0.239 e. The van der Waals surface area contributed by atoms with E-state index in [0.717, 1.165) is 24.4 Å².